The molecule has 2 amide bonds. The standard InChI is InChI=1S/C17H24N2O3S/c1-22-10-8-18-15(20)13-4-2-6-17(13)7-9-19(12-17)16(21)14-5-3-11-23-14/h3,5,11,13H,2,4,6-10,12H2,1H3,(H,18,20)/t13-,17-/m0/s1. The first-order valence-electron chi connectivity index (χ1n) is 8.26. The number of carbonyl (C=O) groups excluding carboxylic acids is 2. The molecular formula is C17H24N2O3S. The van der Waals surface area contributed by atoms with Crippen LogP contribution in [0.1, 0.15) is 35.4 Å². The van der Waals surface area contributed by atoms with Gasteiger partial charge in [0.1, 0.15) is 0 Å². The zero-order valence-electron chi connectivity index (χ0n) is 13.5. The van der Waals surface area contributed by atoms with Crippen molar-refractivity contribution in [2.24, 2.45) is 11.3 Å². The molecule has 1 saturated carbocycles. The number of hydrogen-bond donors (Lipinski definition) is 1. The quantitative estimate of drug-likeness (QED) is 0.838. The molecule has 2 heterocycles. The highest BCUT2D eigenvalue weighted by Gasteiger charge is 2.51. The molecule has 126 valence electrons. The fraction of sp³-hybridized carbons (Fsp3) is 0.647. The largest absolute Gasteiger partial charge is 0.383 e. The fourth-order valence-corrected chi connectivity index (χ4v) is 4.75. The molecule has 2 fully saturated rings. The Bertz CT molecular complexity index is 560. The molecule has 3 rings (SSSR count). The predicted molar refractivity (Wildman–Crippen MR) is 89.5 cm³/mol. The van der Waals surface area contributed by atoms with E-state index in [4.69, 9.17) is 4.74 Å². The van der Waals surface area contributed by atoms with Gasteiger partial charge in [0.2, 0.25) is 5.91 Å². The van der Waals surface area contributed by atoms with Crippen molar-refractivity contribution in [3.8, 4) is 0 Å². The van der Waals surface area contributed by atoms with Gasteiger partial charge in [-0.25, -0.2) is 0 Å². The van der Waals surface area contributed by atoms with Crippen molar-refractivity contribution in [3.05, 3.63) is 22.4 Å². The van der Waals surface area contributed by atoms with E-state index < -0.39 is 0 Å². The van der Waals surface area contributed by atoms with E-state index in [1.807, 2.05) is 22.4 Å². The van der Waals surface area contributed by atoms with Crippen LogP contribution < -0.4 is 5.32 Å². The van der Waals surface area contributed by atoms with Crippen molar-refractivity contribution < 1.29 is 14.3 Å². The van der Waals surface area contributed by atoms with Crippen molar-refractivity contribution >= 4 is 23.2 Å². The van der Waals surface area contributed by atoms with Crippen LogP contribution in [0.4, 0.5) is 0 Å². The Labute approximate surface area is 141 Å². The Morgan fingerprint density at radius 3 is 3.09 bits per heavy atom. The third-order valence-electron chi connectivity index (χ3n) is 5.23. The van der Waals surface area contributed by atoms with Gasteiger partial charge < -0.3 is 15.0 Å². The SMILES string of the molecule is COCCNC(=O)[C@@H]1CCC[C@@]12CCN(C(=O)c1cccs1)C2. The summed E-state index contributed by atoms with van der Waals surface area (Å²) >= 11 is 1.49. The minimum absolute atomic E-state index is 0.0237. The lowest BCUT2D eigenvalue weighted by molar-refractivity contribution is -0.128. The molecule has 23 heavy (non-hydrogen) atoms. The summed E-state index contributed by atoms with van der Waals surface area (Å²) in [4.78, 5) is 27.8. The average molecular weight is 336 g/mol. The second-order valence-corrected chi connectivity index (χ2v) is 7.49. The molecule has 2 aliphatic rings. The zero-order valence-corrected chi connectivity index (χ0v) is 14.4. The van der Waals surface area contributed by atoms with Gasteiger partial charge in [-0.1, -0.05) is 12.5 Å². The normalized spacial score (nSPS) is 26.8. The second-order valence-electron chi connectivity index (χ2n) is 6.55. The van der Waals surface area contributed by atoms with Crippen LogP contribution in [0.5, 0.6) is 0 Å². The highest BCUT2D eigenvalue weighted by atomic mass is 32.1. The van der Waals surface area contributed by atoms with Gasteiger partial charge in [-0.3, -0.25) is 9.59 Å². The van der Waals surface area contributed by atoms with Crippen LogP contribution in [0.3, 0.4) is 0 Å². The highest BCUT2D eigenvalue weighted by molar-refractivity contribution is 7.12. The van der Waals surface area contributed by atoms with Crippen LogP contribution in [-0.2, 0) is 9.53 Å². The van der Waals surface area contributed by atoms with Gasteiger partial charge in [0.15, 0.2) is 0 Å². The molecule has 1 N–H and O–H groups in total. The molecule has 0 bridgehead atoms. The molecule has 0 unspecified atom stereocenters. The van der Waals surface area contributed by atoms with E-state index in [1.165, 1.54) is 11.3 Å². The number of carbonyl (C=O) groups is 2. The Morgan fingerprint density at radius 2 is 2.35 bits per heavy atom. The Kier molecular flexibility index (Phi) is 5.02. The summed E-state index contributed by atoms with van der Waals surface area (Å²) in [6.45, 7) is 2.57. The van der Waals surface area contributed by atoms with Crippen LogP contribution in [0.15, 0.2) is 17.5 Å². The lowest BCUT2D eigenvalue weighted by Crippen LogP contribution is -2.42. The average Bonchev–Trinajstić information content (AvgIpc) is 3.28. The smallest absolute Gasteiger partial charge is 0.263 e. The number of thiophene rings is 1. The molecule has 2 atom stereocenters. The number of rotatable bonds is 5. The summed E-state index contributed by atoms with van der Waals surface area (Å²) in [5.41, 5.74) is -0.0237. The molecule has 1 aliphatic carbocycles. The molecule has 1 spiro atoms. The van der Waals surface area contributed by atoms with E-state index in [0.717, 1.165) is 37.1 Å². The van der Waals surface area contributed by atoms with Crippen molar-refractivity contribution in [2.75, 3.05) is 33.4 Å². The first kappa shape index (κ1) is 16.5. The summed E-state index contributed by atoms with van der Waals surface area (Å²) in [6.07, 6.45) is 3.99. The maximum absolute atomic E-state index is 12.6. The fourth-order valence-electron chi connectivity index (χ4n) is 4.06. The minimum Gasteiger partial charge on any atom is -0.383 e. The van der Waals surface area contributed by atoms with Gasteiger partial charge in [0.25, 0.3) is 5.91 Å². The van der Waals surface area contributed by atoms with E-state index in [1.54, 1.807) is 7.11 Å². The molecule has 1 saturated heterocycles. The summed E-state index contributed by atoms with van der Waals surface area (Å²) in [5, 5.41) is 4.91. The first-order valence-corrected chi connectivity index (χ1v) is 9.14. The zero-order chi connectivity index (χ0) is 16.3. The van der Waals surface area contributed by atoms with Crippen LogP contribution in [0.2, 0.25) is 0 Å². The van der Waals surface area contributed by atoms with Crippen molar-refractivity contribution in [3.63, 3.8) is 0 Å². The number of likely N-dealkylation sites (tertiary alicyclic amines) is 1. The van der Waals surface area contributed by atoms with Gasteiger partial charge in [-0.15, -0.1) is 11.3 Å². The van der Waals surface area contributed by atoms with Gasteiger partial charge in [-0.05, 0) is 30.7 Å². The monoisotopic (exact) mass is 336 g/mol. The minimum atomic E-state index is -0.0237. The van der Waals surface area contributed by atoms with E-state index >= 15 is 0 Å². The number of amides is 2. The summed E-state index contributed by atoms with van der Waals surface area (Å²) < 4.78 is 5.00. The van der Waals surface area contributed by atoms with Gasteiger partial charge in [-0.2, -0.15) is 0 Å². The lowest BCUT2D eigenvalue weighted by Gasteiger charge is -2.30. The number of nitrogens with one attached hydrogen (secondary N) is 1. The van der Waals surface area contributed by atoms with E-state index in [2.05, 4.69) is 5.32 Å². The Hall–Kier alpha value is -1.40. The number of hydrogen-bond acceptors (Lipinski definition) is 4. The van der Waals surface area contributed by atoms with Crippen molar-refractivity contribution in [1.29, 1.82) is 0 Å². The maximum Gasteiger partial charge on any atom is 0.263 e. The Morgan fingerprint density at radius 1 is 1.48 bits per heavy atom. The van der Waals surface area contributed by atoms with E-state index in [9.17, 15) is 9.59 Å². The topological polar surface area (TPSA) is 58.6 Å². The molecular weight excluding hydrogens is 312 g/mol. The first-order chi connectivity index (χ1) is 11.2. The van der Waals surface area contributed by atoms with Crippen LogP contribution in [0, 0.1) is 11.3 Å². The summed E-state index contributed by atoms with van der Waals surface area (Å²) in [5.74, 6) is 0.271. The van der Waals surface area contributed by atoms with E-state index in [0.29, 0.717) is 19.7 Å². The maximum atomic E-state index is 12.6. The number of nitrogens with zero attached hydrogens (tertiary/aromatic N) is 1. The van der Waals surface area contributed by atoms with Gasteiger partial charge >= 0.3 is 0 Å². The third kappa shape index (κ3) is 3.28. The molecule has 1 aromatic heterocycles. The molecule has 0 radical (unpaired) electrons. The highest BCUT2D eigenvalue weighted by Crippen LogP contribution is 2.50. The predicted octanol–water partition coefficient (Wildman–Crippen LogP) is 2.14. The molecule has 5 nitrogen and oxygen atoms in total. The molecule has 1 aliphatic heterocycles. The second kappa shape index (κ2) is 7.01. The van der Waals surface area contributed by atoms with Gasteiger partial charge in [0.05, 0.1) is 11.5 Å². The number of ether oxygens (including phenoxy) is 1. The van der Waals surface area contributed by atoms with Crippen LogP contribution in [-0.4, -0.2) is 50.1 Å². The third-order valence-corrected chi connectivity index (χ3v) is 6.09. The van der Waals surface area contributed by atoms with Crippen LogP contribution in [0.25, 0.3) is 0 Å². The summed E-state index contributed by atoms with van der Waals surface area (Å²) in [6, 6.07) is 3.78. The van der Waals surface area contributed by atoms with Crippen molar-refractivity contribution in [1.82, 2.24) is 10.2 Å². The summed E-state index contributed by atoms with van der Waals surface area (Å²) in [7, 11) is 1.63. The molecule has 0 aromatic carbocycles. The van der Waals surface area contributed by atoms with Crippen LogP contribution >= 0.6 is 11.3 Å². The van der Waals surface area contributed by atoms with E-state index in [-0.39, 0.29) is 23.1 Å². The molecule has 6 heteroatoms. The number of methoxy groups -OCH3 is 1. The Balaban J connectivity index is 1.65. The molecule has 1 aromatic rings. The van der Waals surface area contributed by atoms with Gasteiger partial charge in [0, 0.05) is 38.1 Å². The van der Waals surface area contributed by atoms with Crippen molar-refractivity contribution in [2.45, 2.75) is 25.7 Å². The lowest BCUT2D eigenvalue weighted by atomic mass is 9.76.